The molecule has 0 aromatic rings. The van der Waals surface area contributed by atoms with Gasteiger partial charge in [0.25, 0.3) is 0 Å². The normalized spacial score (nSPS) is 20.9. The average molecular weight is 272 g/mol. The molecule has 0 saturated carbocycles. The van der Waals surface area contributed by atoms with Crippen LogP contribution < -0.4 is 5.32 Å². The van der Waals surface area contributed by atoms with Crippen LogP contribution in [0.25, 0.3) is 0 Å². The number of hydrogen-bond acceptors (Lipinski definition) is 2. The van der Waals surface area contributed by atoms with Crippen LogP contribution in [0, 0.1) is 11.8 Å². The van der Waals surface area contributed by atoms with Crippen LogP contribution in [0.3, 0.4) is 0 Å². The van der Waals surface area contributed by atoms with Gasteiger partial charge in [-0.15, -0.1) is 0 Å². The zero-order chi connectivity index (χ0) is 13.4. The number of ether oxygens (including phenoxy) is 1. The predicted octanol–water partition coefficient (Wildman–Crippen LogP) is 2.66. The van der Waals surface area contributed by atoms with E-state index >= 15 is 0 Å². The van der Waals surface area contributed by atoms with Crippen LogP contribution >= 0.6 is 12.2 Å². The van der Waals surface area contributed by atoms with Crippen LogP contribution in [0.15, 0.2) is 0 Å². The molecule has 0 spiro atoms. The molecule has 0 aromatic heterocycles. The van der Waals surface area contributed by atoms with Crippen LogP contribution in [0.5, 0.6) is 0 Å². The second-order valence-corrected chi connectivity index (χ2v) is 5.89. The molecule has 1 aliphatic rings. The van der Waals surface area contributed by atoms with E-state index in [1.807, 2.05) is 0 Å². The predicted molar refractivity (Wildman–Crippen MR) is 80.8 cm³/mol. The monoisotopic (exact) mass is 272 g/mol. The first-order chi connectivity index (χ1) is 8.65. The van der Waals surface area contributed by atoms with E-state index in [9.17, 15) is 0 Å². The lowest BCUT2D eigenvalue weighted by atomic mass is 9.89. The summed E-state index contributed by atoms with van der Waals surface area (Å²) in [6.07, 6.45) is 4.90. The summed E-state index contributed by atoms with van der Waals surface area (Å²) in [6.45, 7) is 8.60. The minimum absolute atomic E-state index is 0.797. The maximum Gasteiger partial charge on any atom is 0.168 e. The molecule has 1 rings (SSSR count). The highest BCUT2D eigenvalue weighted by Gasteiger charge is 2.20. The first-order valence-corrected chi connectivity index (χ1v) is 7.57. The Morgan fingerprint density at radius 2 is 2.17 bits per heavy atom. The van der Waals surface area contributed by atoms with Gasteiger partial charge in [0.1, 0.15) is 0 Å². The zero-order valence-corrected chi connectivity index (χ0v) is 12.9. The van der Waals surface area contributed by atoms with E-state index in [1.165, 1.54) is 19.3 Å². The topological polar surface area (TPSA) is 24.5 Å². The summed E-state index contributed by atoms with van der Waals surface area (Å²) in [6, 6.07) is 0. The van der Waals surface area contributed by atoms with Crippen molar-refractivity contribution in [2.24, 2.45) is 11.8 Å². The van der Waals surface area contributed by atoms with Crippen molar-refractivity contribution in [1.82, 2.24) is 10.2 Å². The van der Waals surface area contributed by atoms with Crippen LogP contribution in [0.4, 0.5) is 0 Å². The van der Waals surface area contributed by atoms with Gasteiger partial charge in [0.15, 0.2) is 5.11 Å². The molecule has 4 heteroatoms. The Hall–Kier alpha value is -0.350. The quantitative estimate of drug-likeness (QED) is 0.614. The highest BCUT2D eigenvalue weighted by molar-refractivity contribution is 7.80. The molecule has 18 heavy (non-hydrogen) atoms. The Balaban J connectivity index is 2.27. The van der Waals surface area contributed by atoms with Gasteiger partial charge in [-0.2, -0.15) is 0 Å². The maximum atomic E-state index is 5.46. The smallest absolute Gasteiger partial charge is 0.168 e. The molecule has 1 heterocycles. The lowest BCUT2D eigenvalue weighted by Gasteiger charge is -2.24. The molecule has 1 fully saturated rings. The average Bonchev–Trinajstić information content (AvgIpc) is 2.60. The zero-order valence-electron chi connectivity index (χ0n) is 12.1. The number of rotatable bonds is 5. The summed E-state index contributed by atoms with van der Waals surface area (Å²) >= 11 is 5.46. The summed E-state index contributed by atoms with van der Waals surface area (Å²) in [4.78, 5) is 2.34. The summed E-state index contributed by atoms with van der Waals surface area (Å²) in [5.41, 5.74) is 0. The molecule has 3 nitrogen and oxygen atoms in total. The van der Waals surface area contributed by atoms with Crippen molar-refractivity contribution in [3.8, 4) is 0 Å². The number of hydrogen-bond donors (Lipinski definition) is 1. The van der Waals surface area contributed by atoms with Crippen LogP contribution in [-0.2, 0) is 4.74 Å². The SMILES string of the molecule is COCCCNC(=S)N1CCCC(C(C)C)CC1. The number of nitrogens with one attached hydrogen (secondary N) is 1. The number of methoxy groups -OCH3 is 1. The fraction of sp³-hybridized carbons (Fsp3) is 0.929. The fourth-order valence-corrected chi connectivity index (χ4v) is 2.80. The minimum Gasteiger partial charge on any atom is -0.385 e. The second-order valence-electron chi connectivity index (χ2n) is 5.50. The van der Waals surface area contributed by atoms with Crippen molar-refractivity contribution in [1.29, 1.82) is 0 Å². The Morgan fingerprint density at radius 1 is 1.39 bits per heavy atom. The van der Waals surface area contributed by atoms with Gasteiger partial charge in [0.2, 0.25) is 0 Å². The van der Waals surface area contributed by atoms with Gasteiger partial charge >= 0.3 is 0 Å². The third-order valence-corrected chi connectivity index (χ3v) is 4.21. The Morgan fingerprint density at radius 3 is 2.83 bits per heavy atom. The lowest BCUT2D eigenvalue weighted by Crippen LogP contribution is -2.40. The van der Waals surface area contributed by atoms with E-state index in [0.717, 1.165) is 49.6 Å². The first kappa shape index (κ1) is 15.7. The van der Waals surface area contributed by atoms with E-state index < -0.39 is 0 Å². The van der Waals surface area contributed by atoms with E-state index in [-0.39, 0.29) is 0 Å². The number of nitrogens with zero attached hydrogens (tertiary/aromatic N) is 1. The van der Waals surface area contributed by atoms with Crippen molar-refractivity contribution in [2.45, 2.75) is 39.5 Å². The standard InChI is InChI=1S/C14H28N2OS/c1-12(2)13-6-4-9-16(10-7-13)14(18)15-8-5-11-17-3/h12-13H,4-11H2,1-3H3,(H,15,18). The van der Waals surface area contributed by atoms with E-state index in [4.69, 9.17) is 17.0 Å². The van der Waals surface area contributed by atoms with Crippen LogP contribution in [0.1, 0.15) is 39.5 Å². The van der Waals surface area contributed by atoms with Gasteiger partial charge in [-0.05, 0) is 49.7 Å². The Kier molecular flexibility index (Phi) is 7.59. The van der Waals surface area contributed by atoms with Gasteiger partial charge in [0.05, 0.1) is 0 Å². The third kappa shape index (κ3) is 5.53. The van der Waals surface area contributed by atoms with E-state index in [1.54, 1.807) is 7.11 Å². The summed E-state index contributed by atoms with van der Waals surface area (Å²) in [5, 5.41) is 4.26. The summed E-state index contributed by atoms with van der Waals surface area (Å²) in [7, 11) is 1.74. The van der Waals surface area contributed by atoms with Gasteiger partial charge in [-0.25, -0.2) is 0 Å². The molecule has 1 saturated heterocycles. The number of thiocarbonyl (C=S) groups is 1. The maximum absolute atomic E-state index is 5.46. The molecule has 0 radical (unpaired) electrons. The van der Waals surface area contributed by atoms with Crippen molar-refractivity contribution in [3.05, 3.63) is 0 Å². The highest BCUT2D eigenvalue weighted by atomic mass is 32.1. The van der Waals surface area contributed by atoms with Crippen molar-refractivity contribution in [3.63, 3.8) is 0 Å². The minimum atomic E-state index is 0.797. The molecule has 1 atom stereocenters. The highest BCUT2D eigenvalue weighted by Crippen LogP contribution is 2.24. The Labute approximate surface area is 117 Å². The molecule has 0 amide bonds. The van der Waals surface area contributed by atoms with Crippen LogP contribution in [0.2, 0.25) is 0 Å². The number of likely N-dealkylation sites (tertiary alicyclic amines) is 1. The van der Waals surface area contributed by atoms with E-state index in [2.05, 4.69) is 24.1 Å². The van der Waals surface area contributed by atoms with Gasteiger partial charge in [-0.3, -0.25) is 0 Å². The van der Waals surface area contributed by atoms with Gasteiger partial charge < -0.3 is 15.0 Å². The Bertz CT molecular complexity index is 246. The molecule has 0 aliphatic carbocycles. The van der Waals surface area contributed by atoms with Crippen molar-refractivity contribution >= 4 is 17.3 Å². The second kappa shape index (κ2) is 8.70. The van der Waals surface area contributed by atoms with Crippen molar-refractivity contribution < 1.29 is 4.74 Å². The molecule has 1 aliphatic heterocycles. The first-order valence-electron chi connectivity index (χ1n) is 7.17. The fourth-order valence-electron chi connectivity index (χ4n) is 2.52. The summed E-state index contributed by atoms with van der Waals surface area (Å²) in [5.74, 6) is 1.67. The van der Waals surface area contributed by atoms with Crippen LogP contribution in [-0.4, -0.2) is 43.4 Å². The van der Waals surface area contributed by atoms with Crippen molar-refractivity contribution in [2.75, 3.05) is 33.4 Å². The largest absolute Gasteiger partial charge is 0.385 e. The molecule has 106 valence electrons. The molecule has 0 aromatic carbocycles. The molecule has 1 N–H and O–H groups in total. The molecule has 0 bridgehead atoms. The van der Waals surface area contributed by atoms with Gasteiger partial charge in [0, 0.05) is 33.4 Å². The van der Waals surface area contributed by atoms with E-state index in [0.29, 0.717) is 0 Å². The molecular formula is C14H28N2OS. The molecule has 1 unspecified atom stereocenters. The van der Waals surface area contributed by atoms with Gasteiger partial charge in [-0.1, -0.05) is 13.8 Å². The lowest BCUT2D eigenvalue weighted by molar-refractivity contribution is 0.195. The third-order valence-electron chi connectivity index (χ3n) is 3.80. The summed E-state index contributed by atoms with van der Waals surface area (Å²) < 4.78 is 5.03. The molecular weight excluding hydrogens is 244 g/mol.